The van der Waals surface area contributed by atoms with Crippen LogP contribution in [0.3, 0.4) is 0 Å². The first-order chi connectivity index (χ1) is 21.0. The molecule has 0 bridgehead atoms. The summed E-state index contributed by atoms with van der Waals surface area (Å²) in [5, 5.41) is 80.3. The van der Waals surface area contributed by atoms with Crippen LogP contribution in [0, 0.1) is 0 Å². The average Bonchev–Trinajstić information content (AvgIpc) is 3.01. The minimum atomic E-state index is -1.73. The van der Waals surface area contributed by atoms with Gasteiger partial charge in [-0.15, -0.1) is 0 Å². The zero-order chi connectivity index (χ0) is 31.7. The molecule has 0 aliphatic carbocycles. The molecule has 3 aliphatic rings. The van der Waals surface area contributed by atoms with Crippen LogP contribution in [0.1, 0.15) is 24.2 Å². The molecule has 3 fully saturated rings. The highest BCUT2D eigenvalue weighted by Crippen LogP contribution is 2.39. The van der Waals surface area contributed by atoms with Gasteiger partial charge in [0.05, 0.1) is 19.3 Å². The van der Waals surface area contributed by atoms with Gasteiger partial charge in [0.1, 0.15) is 42.7 Å². The number of hydrogen-bond donors (Lipinski definition) is 8. The van der Waals surface area contributed by atoms with Crippen LogP contribution in [-0.2, 0) is 33.2 Å². The van der Waals surface area contributed by atoms with Gasteiger partial charge in [0.15, 0.2) is 41.7 Å². The molecule has 0 aromatic heterocycles. The molecule has 240 valence electrons. The standard InChI is InChI=1S/C29H34O15/c1-12-22(36)23(37)24(38)28(40-12)44-26-25(43-21(35)7-3-13-2-5-15(31)17(33)8-13)19(10-30)42-29-27(26)41-20(11-39-29)14-4-6-16(32)18(34)9-14/h2-9,12,19-20,22-34,36-38H,10-11H2,1H3/t12-,19+,20+,22+,23+,24-,25-,26+,27+,28-,29-/m1/s1. The van der Waals surface area contributed by atoms with E-state index >= 15 is 0 Å². The number of carbonyl (C=O) groups excluding carboxylic acids is 1. The molecule has 15 nitrogen and oxygen atoms in total. The van der Waals surface area contributed by atoms with E-state index in [0.29, 0.717) is 11.1 Å². The first-order valence-corrected chi connectivity index (χ1v) is 13.8. The number of phenols is 4. The summed E-state index contributed by atoms with van der Waals surface area (Å²) in [6.07, 6.45) is -12.2. The summed E-state index contributed by atoms with van der Waals surface area (Å²) >= 11 is 0. The summed E-state index contributed by atoms with van der Waals surface area (Å²) in [5.74, 6) is -2.43. The van der Waals surface area contributed by atoms with Crippen molar-refractivity contribution in [2.75, 3.05) is 13.2 Å². The van der Waals surface area contributed by atoms with Gasteiger partial charge in [0, 0.05) is 6.08 Å². The average molecular weight is 623 g/mol. The summed E-state index contributed by atoms with van der Waals surface area (Å²) in [4.78, 5) is 13.0. The zero-order valence-corrected chi connectivity index (χ0v) is 23.3. The SMILES string of the molecule is C[C@H]1O[C@H](O[C@@H]2[C@@H]3O[C@H](c4ccc(O)c(O)c4)CO[C@@H]3O[C@@H](CO)[C@H]2OC(=O)C=Cc2ccc(O)c(O)c2)[C@H](O)[C@@H](O)[C@H]1O. The number of rotatable bonds is 7. The second kappa shape index (κ2) is 13.2. The van der Waals surface area contributed by atoms with Gasteiger partial charge in [-0.3, -0.25) is 0 Å². The van der Waals surface area contributed by atoms with Crippen LogP contribution >= 0.6 is 0 Å². The van der Waals surface area contributed by atoms with Crippen molar-refractivity contribution in [1.82, 2.24) is 0 Å². The van der Waals surface area contributed by atoms with Crippen molar-refractivity contribution < 1.29 is 74.1 Å². The minimum Gasteiger partial charge on any atom is -0.504 e. The Balaban J connectivity index is 1.43. The van der Waals surface area contributed by atoms with E-state index in [0.717, 1.165) is 6.08 Å². The van der Waals surface area contributed by atoms with E-state index < -0.39 is 91.6 Å². The summed E-state index contributed by atoms with van der Waals surface area (Å²) in [5.41, 5.74) is 0.768. The molecule has 44 heavy (non-hydrogen) atoms. The molecule has 3 saturated heterocycles. The normalized spacial score (nSPS) is 35.7. The van der Waals surface area contributed by atoms with E-state index in [2.05, 4.69) is 0 Å². The van der Waals surface area contributed by atoms with Crippen LogP contribution in [-0.4, -0.2) is 121 Å². The second-order valence-electron chi connectivity index (χ2n) is 10.7. The maximum Gasteiger partial charge on any atom is 0.331 e. The van der Waals surface area contributed by atoms with Gasteiger partial charge in [0.2, 0.25) is 0 Å². The van der Waals surface area contributed by atoms with Gasteiger partial charge in [-0.2, -0.15) is 0 Å². The highest BCUT2D eigenvalue weighted by atomic mass is 16.8. The van der Waals surface area contributed by atoms with Crippen LogP contribution in [0.5, 0.6) is 23.0 Å². The van der Waals surface area contributed by atoms with Gasteiger partial charge in [0.25, 0.3) is 0 Å². The fourth-order valence-corrected chi connectivity index (χ4v) is 5.19. The number of hydrogen-bond acceptors (Lipinski definition) is 15. The number of aliphatic hydroxyl groups excluding tert-OH is 4. The third-order valence-electron chi connectivity index (χ3n) is 7.64. The largest absolute Gasteiger partial charge is 0.504 e. The molecule has 3 heterocycles. The molecular formula is C29H34O15. The van der Waals surface area contributed by atoms with Crippen molar-refractivity contribution in [1.29, 1.82) is 0 Å². The predicted octanol–water partition coefficient (Wildman–Crippen LogP) is -0.479. The van der Waals surface area contributed by atoms with Crippen LogP contribution in [0.25, 0.3) is 6.08 Å². The van der Waals surface area contributed by atoms with Gasteiger partial charge < -0.3 is 69.3 Å². The predicted molar refractivity (Wildman–Crippen MR) is 145 cm³/mol. The molecule has 0 radical (unpaired) electrons. The number of ether oxygens (including phenoxy) is 6. The fourth-order valence-electron chi connectivity index (χ4n) is 5.19. The smallest absolute Gasteiger partial charge is 0.331 e. The molecule has 2 aromatic rings. The lowest BCUT2D eigenvalue weighted by atomic mass is 9.95. The second-order valence-corrected chi connectivity index (χ2v) is 10.7. The summed E-state index contributed by atoms with van der Waals surface area (Å²) in [6, 6.07) is 7.92. The van der Waals surface area contributed by atoms with Crippen LogP contribution in [0.4, 0.5) is 0 Å². The van der Waals surface area contributed by atoms with E-state index in [4.69, 9.17) is 28.4 Å². The quantitative estimate of drug-likeness (QED) is 0.111. The Morgan fingerprint density at radius 1 is 0.886 bits per heavy atom. The monoisotopic (exact) mass is 622 g/mol. The zero-order valence-electron chi connectivity index (χ0n) is 23.3. The number of fused-ring (bicyclic) bond motifs is 1. The van der Waals surface area contributed by atoms with Crippen LogP contribution in [0.2, 0.25) is 0 Å². The third-order valence-corrected chi connectivity index (χ3v) is 7.64. The number of esters is 1. The molecule has 2 aromatic carbocycles. The first kappa shape index (κ1) is 31.9. The van der Waals surface area contributed by atoms with Crippen molar-refractivity contribution in [3.8, 4) is 23.0 Å². The topological polar surface area (TPSA) is 234 Å². The minimum absolute atomic E-state index is 0.0760. The number of aromatic hydroxyl groups is 4. The number of benzene rings is 2. The summed E-state index contributed by atoms with van der Waals surface area (Å²) in [6.45, 7) is 0.713. The van der Waals surface area contributed by atoms with E-state index in [1.807, 2.05) is 0 Å². The summed E-state index contributed by atoms with van der Waals surface area (Å²) < 4.78 is 35.3. The van der Waals surface area contributed by atoms with E-state index in [1.54, 1.807) is 0 Å². The lowest BCUT2D eigenvalue weighted by Crippen LogP contribution is -2.66. The lowest BCUT2D eigenvalue weighted by molar-refractivity contribution is -0.384. The molecule has 15 heteroatoms. The molecule has 11 atom stereocenters. The van der Waals surface area contributed by atoms with Crippen molar-refractivity contribution in [2.24, 2.45) is 0 Å². The van der Waals surface area contributed by atoms with E-state index in [9.17, 15) is 45.6 Å². The van der Waals surface area contributed by atoms with Gasteiger partial charge in [-0.1, -0.05) is 12.1 Å². The molecule has 5 rings (SSSR count). The van der Waals surface area contributed by atoms with Crippen molar-refractivity contribution in [2.45, 2.75) is 74.4 Å². The maximum atomic E-state index is 13.0. The van der Waals surface area contributed by atoms with Crippen LogP contribution in [0.15, 0.2) is 42.5 Å². The van der Waals surface area contributed by atoms with Crippen molar-refractivity contribution in [3.63, 3.8) is 0 Å². The lowest BCUT2D eigenvalue weighted by Gasteiger charge is -2.50. The Kier molecular flexibility index (Phi) is 9.59. The Morgan fingerprint density at radius 3 is 2.27 bits per heavy atom. The molecule has 0 spiro atoms. The van der Waals surface area contributed by atoms with Crippen LogP contribution < -0.4 is 0 Å². The van der Waals surface area contributed by atoms with Gasteiger partial charge in [-0.25, -0.2) is 4.79 Å². The molecule has 3 aliphatic heterocycles. The number of carbonyl (C=O) groups is 1. The van der Waals surface area contributed by atoms with Gasteiger partial charge in [-0.05, 0) is 48.4 Å². The molecule has 0 amide bonds. The molecular weight excluding hydrogens is 588 g/mol. The third kappa shape index (κ3) is 6.61. The number of aliphatic hydroxyl groups is 4. The number of phenolic OH excluding ortho intramolecular Hbond substituents is 4. The molecule has 0 unspecified atom stereocenters. The van der Waals surface area contributed by atoms with Crippen molar-refractivity contribution in [3.05, 3.63) is 53.6 Å². The highest BCUT2D eigenvalue weighted by molar-refractivity contribution is 5.87. The Bertz CT molecular complexity index is 1350. The molecule has 0 saturated carbocycles. The van der Waals surface area contributed by atoms with Crippen molar-refractivity contribution >= 4 is 12.0 Å². The highest BCUT2D eigenvalue weighted by Gasteiger charge is 2.55. The molecule has 8 N–H and O–H groups in total. The van der Waals surface area contributed by atoms with E-state index in [1.165, 1.54) is 49.4 Å². The van der Waals surface area contributed by atoms with E-state index in [-0.39, 0.29) is 18.1 Å². The Hall–Kier alpha value is -3.51. The Labute approximate surface area is 250 Å². The Morgan fingerprint density at radius 2 is 1.59 bits per heavy atom. The summed E-state index contributed by atoms with van der Waals surface area (Å²) in [7, 11) is 0. The van der Waals surface area contributed by atoms with Gasteiger partial charge >= 0.3 is 5.97 Å². The maximum absolute atomic E-state index is 13.0. The first-order valence-electron chi connectivity index (χ1n) is 13.8. The fraction of sp³-hybridized carbons (Fsp3) is 0.483.